The van der Waals surface area contributed by atoms with Gasteiger partial charge in [0, 0.05) is 6.42 Å². The molecule has 2 atom stereocenters. The third-order valence-corrected chi connectivity index (χ3v) is 3.54. The summed E-state index contributed by atoms with van der Waals surface area (Å²) in [5.41, 5.74) is 5.80. The Labute approximate surface area is 111 Å². The molecule has 0 aromatic heterocycles. The normalized spacial score (nSPS) is 15.2. The third-order valence-electron chi connectivity index (χ3n) is 3.54. The molecule has 0 aromatic rings. The van der Waals surface area contributed by atoms with Crippen LogP contribution in [0.3, 0.4) is 0 Å². The Balaban J connectivity index is 4.15. The van der Waals surface area contributed by atoms with Crippen molar-refractivity contribution in [3.8, 4) is 0 Å². The largest absolute Gasteiger partial charge is 0.394 e. The number of nitrogens with two attached hydrogens (primary N) is 1. The predicted molar refractivity (Wildman–Crippen MR) is 75.2 cm³/mol. The summed E-state index contributed by atoms with van der Waals surface area (Å²) < 4.78 is 0. The Morgan fingerprint density at radius 2 is 1.94 bits per heavy atom. The van der Waals surface area contributed by atoms with Crippen LogP contribution in [0, 0.1) is 11.3 Å². The van der Waals surface area contributed by atoms with Gasteiger partial charge in [0.15, 0.2) is 0 Å². The summed E-state index contributed by atoms with van der Waals surface area (Å²) in [6, 6.07) is -0.111. The van der Waals surface area contributed by atoms with Gasteiger partial charge < -0.3 is 16.2 Å². The lowest BCUT2D eigenvalue weighted by atomic mass is 9.76. The van der Waals surface area contributed by atoms with E-state index in [1.165, 1.54) is 0 Å². The summed E-state index contributed by atoms with van der Waals surface area (Å²) in [4.78, 5) is 11.8. The second kappa shape index (κ2) is 8.48. The van der Waals surface area contributed by atoms with Crippen LogP contribution in [0.15, 0.2) is 0 Å². The van der Waals surface area contributed by atoms with Gasteiger partial charge in [-0.25, -0.2) is 0 Å². The number of nitrogens with one attached hydrogen (secondary N) is 1. The molecule has 0 saturated heterocycles. The number of carbonyl (C=O) groups excluding carboxylic acids is 1. The van der Waals surface area contributed by atoms with Gasteiger partial charge in [-0.1, -0.05) is 27.7 Å². The van der Waals surface area contributed by atoms with Gasteiger partial charge in [0.25, 0.3) is 0 Å². The van der Waals surface area contributed by atoms with Crippen LogP contribution in [-0.4, -0.2) is 30.2 Å². The van der Waals surface area contributed by atoms with E-state index >= 15 is 0 Å². The molecule has 1 unspecified atom stereocenters. The molecule has 0 rings (SSSR count). The van der Waals surface area contributed by atoms with Crippen molar-refractivity contribution in [1.82, 2.24) is 5.32 Å². The highest BCUT2D eigenvalue weighted by Gasteiger charge is 2.24. The summed E-state index contributed by atoms with van der Waals surface area (Å²) in [7, 11) is 0. The molecule has 4 nitrogen and oxygen atoms in total. The van der Waals surface area contributed by atoms with Crippen molar-refractivity contribution >= 4 is 5.91 Å². The van der Waals surface area contributed by atoms with E-state index in [1.807, 2.05) is 6.92 Å². The molecule has 1 amide bonds. The summed E-state index contributed by atoms with van der Waals surface area (Å²) in [6.45, 7) is 9.19. The first-order valence-corrected chi connectivity index (χ1v) is 6.95. The van der Waals surface area contributed by atoms with Crippen molar-refractivity contribution < 1.29 is 9.90 Å². The van der Waals surface area contributed by atoms with E-state index in [1.54, 1.807) is 0 Å². The van der Waals surface area contributed by atoms with Gasteiger partial charge in [0.05, 0.1) is 12.6 Å². The van der Waals surface area contributed by atoms with Crippen LogP contribution >= 0.6 is 0 Å². The zero-order valence-electron chi connectivity index (χ0n) is 12.3. The van der Waals surface area contributed by atoms with Crippen molar-refractivity contribution in [2.75, 3.05) is 13.2 Å². The van der Waals surface area contributed by atoms with E-state index in [0.717, 1.165) is 19.3 Å². The molecule has 0 bridgehead atoms. The molecule has 4 heteroatoms. The first kappa shape index (κ1) is 17.4. The van der Waals surface area contributed by atoms with E-state index in [4.69, 9.17) is 10.8 Å². The predicted octanol–water partition coefficient (Wildman–Crippen LogP) is 1.66. The number of hydrogen-bond donors (Lipinski definition) is 3. The van der Waals surface area contributed by atoms with Crippen LogP contribution in [0.5, 0.6) is 0 Å². The maximum Gasteiger partial charge on any atom is 0.220 e. The lowest BCUT2D eigenvalue weighted by molar-refractivity contribution is -0.122. The van der Waals surface area contributed by atoms with Crippen LogP contribution in [-0.2, 0) is 4.79 Å². The van der Waals surface area contributed by atoms with Crippen molar-refractivity contribution in [2.24, 2.45) is 17.1 Å². The van der Waals surface area contributed by atoms with E-state index in [-0.39, 0.29) is 24.0 Å². The number of amides is 1. The fraction of sp³-hybridized carbons (Fsp3) is 0.929. The highest BCUT2D eigenvalue weighted by atomic mass is 16.3. The zero-order valence-corrected chi connectivity index (χ0v) is 12.3. The summed E-state index contributed by atoms with van der Waals surface area (Å²) in [5, 5.41) is 11.9. The molecular weight excluding hydrogens is 228 g/mol. The van der Waals surface area contributed by atoms with E-state index in [2.05, 4.69) is 26.1 Å². The minimum Gasteiger partial charge on any atom is -0.394 e. The molecule has 0 radical (unpaired) electrons. The Morgan fingerprint density at radius 3 is 2.33 bits per heavy atom. The van der Waals surface area contributed by atoms with Crippen LogP contribution in [0.2, 0.25) is 0 Å². The third kappa shape index (κ3) is 6.97. The average molecular weight is 258 g/mol. The molecule has 0 saturated carbocycles. The molecule has 0 heterocycles. The van der Waals surface area contributed by atoms with Crippen molar-refractivity contribution in [2.45, 2.75) is 59.4 Å². The van der Waals surface area contributed by atoms with Gasteiger partial charge in [-0.2, -0.15) is 0 Å². The second-order valence-electron chi connectivity index (χ2n) is 6.03. The van der Waals surface area contributed by atoms with Crippen LogP contribution in [0.25, 0.3) is 0 Å². The molecular formula is C14H30N2O2. The van der Waals surface area contributed by atoms with Gasteiger partial charge >= 0.3 is 0 Å². The number of rotatable bonds is 8. The standard InChI is InChI=1S/C14H30N2O2/c1-5-12(10-17)16-13(18)7-6-11(8-9-15)14(2,3)4/h11-12,17H,5-10,15H2,1-4H3,(H,16,18)/t11?,12-/m0/s1. The molecule has 4 N–H and O–H groups in total. The van der Waals surface area contributed by atoms with Crippen LogP contribution in [0.1, 0.15) is 53.4 Å². The lowest BCUT2D eigenvalue weighted by Gasteiger charge is -2.30. The first-order valence-electron chi connectivity index (χ1n) is 6.95. The fourth-order valence-electron chi connectivity index (χ4n) is 2.09. The van der Waals surface area contributed by atoms with Gasteiger partial charge in [-0.3, -0.25) is 4.79 Å². The zero-order chi connectivity index (χ0) is 14.2. The first-order chi connectivity index (χ1) is 8.35. The van der Waals surface area contributed by atoms with Gasteiger partial charge in [0.2, 0.25) is 5.91 Å². The van der Waals surface area contributed by atoms with Gasteiger partial charge in [-0.05, 0) is 37.1 Å². The molecule has 0 aliphatic heterocycles. The number of hydrogen-bond acceptors (Lipinski definition) is 3. The van der Waals surface area contributed by atoms with Crippen LogP contribution < -0.4 is 11.1 Å². The molecule has 0 fully saturated rings. The molecule has 108 valence electrons. The number of aliphatic hydroxyl groups excluding tert-OH is 1. The highest BCUT2D eigenvalue weighted by Crippen LogP contribution is 2.31. The molecule has 18 heavy (non-hydrogen) atoms. The quantitative estimate of drug-likeness (QED) is 0.620. The lowest BCUT2D eigenvalue weighted by Crippen LogP contribution is -2.37. The molecule has 0 aliphatic rings. The van der Waals surface area contributed by atoms with E-state index in [0.29, 0.717) is 18.9 Å². The molecule has 0 aliphatic carbocycles. The molecule has 0 aromatic carbocycles. The SMILES string of the molecule is CC[C@@H](CO)NC(=O)CCC(CCN)C(C)(C)C. The minimum atomic E-state index is -0.111. The topological polar surface area (TPSA) is 75.3 Å². The monoisotopic (exact) mass is 258 g/mol. The number of carbonyl (C=O) groups is 1. The van der Waals surface area contributed by atoms with Gasteiger partial charge in [0.1, 0.15) is 0 Å². The highest BCUT2D eigenvalue weighted by molar-refractivity contribution is 5.76. The Bertz CT molecular complexity index is 232. The summed E-state index contributed by atoms with van der Waals surface area (Å²) in [6.07, 6.45) is 3.08. The van der Waals surface area contributed by atoms with Gasteiger partial charge in [-0.15, -0.1) is 0 Å². The average Bonchev–Trinajstić information content (AvgIpc) is 2.29. The Hall–Kier alpha value is -0.610. The molecule has 0 spiro atoms. The summed E-state index contributed by atoms with van der Waals surface area (Å²) >= 11 is 0. The van der Waals surface area contributed by atoms with Crippen molar-refractivity contribution in [3.63, 3.8) is 0 Å². The Morgan fingerprint density at radius 1 is 1.33 bits per heavy atom. The fourth-order valence-corrected chi connectivity index (χ4v) is 2.09. The maximum absolute atomic E-state index is 11.8. The minimum absolute atomic E-state index is 0.00768. The van der Waals surface area contributed by atoms with E-state index < -0.39 is 0 Å². The smallest absolute Gasteiger partial charge is 0.220 e. The van der Waals surface area contributed by atoms with Crippen molar-refractivity contribution in [1.29, 1.82) is 0 Å². The van der Waals surface area contributed by atoms with Crippen LogP contribution in [0.4, 0.5) is 0 Å². The maximum atomic E-state index is 11.8. The Kier molecular flexibility index (Phi) is 8.20. The van der Waals surface area contributed by atoms with Crippen molar-refractivity contribution in [3.05, 3.63) is 0 Å². The second-order valence-corrected chi connectivity index (χ2v) is 6.03. The summed E-state index contributed by atoms with van der Waals surface area (Å²) in [5.74, 6) is 0.490. The number of aliphatic hydroxyl groups is 1. The van der Waals surface area contributed by atoms with E-state index in [9.17, 15) is 4.79 Å².